The summed E-state index contributed by atoms with van der Waals surface area (Å²) in [5.74, 6) is 7.62. The van der Waals surface area contributed by atoms with Gasteiger partial charge in [0, 0.05) is 25.7 Å². The van der Waals surface area contributed by atoms with E-state index in [1.165, 1.54) is 99.7 Å². The maximum Gasteiger partial charge on any atom is 0.306 e. The van der Waals surface area contributed by atoms with E-state index < -0.39 is 0 Å². The van der Waals surface area contributed by atoms with Crippen LogP contribution in [0.25, 0.3) is 0 Å². The maximum atomic E-state index is 12.9. The summed E-state index contributed by atoms with van der Waals surface area (Å²) in [5.41, 5.74) is 5.20. The molecular formula is C45H74O3. The van der Waals surface area contributed by atoms with Gasteiger partial charge in [0.15, 0.2) is 0 Å². The van der Waals surface area contributed by atoms with Crippen LogP contribution in [0.4, 0.5) is 0 Å². The number of unbranched alkanes of at least 4 members (excludes halogenated alkanes) is 5. The monoisotopic (exact) mass is 663 g/mol. The molecule has 0 N–H and O–H groups in total. The van der Waals surface area contributed by atoms with Crippen molar-refractivity contribution in [1.29, 1.82) is 0 Å². The molecule has 0 unspecified atom stereocenters. The summed E-state index contributed by atoms with van der Waals surface area (Å²) < 4.78 is 12.4. The Hall–Kier alpha value is -1.51. The van der Waals surface area contributed by atoms with Gasteiger partial charge in [0.25, 0.3) is 0 Å². The zero-order valence-electron chi connectivity index (χ0n) is 32.7. The van der Waals surface area contributed by atoms with E-state index in [1.54, 1.807) is 5.57 Å². The summed E-state index contributed by atoms with van der Waals surface area (Å²) in [6.45, 7) is 19.3. The Morgan fingerprint density at radius 3 is 2.27 bits per heavy atom. The summed E-state index contributed by atoms with van der Waals surface area (Å²) in [6, 6.07) is 0. The lowest BCUT2D eigenvalue weighted by atomic mass is 9.47. The maximum absolute atomic E-state index is 12.9. The molecule has 3 saturated carbocycles. The number of ether oxygens (including phenoxy) is 1. The predicted octanol–water partition coefficient (Wildman–Crippen LogP) is 13.1. The van der Waals surface area contributed by atoms with E-state index in [0.29, 0.717) is 17.3 Å². The number of aryl methyl sites for hydroxylation is 2. The van der Waals surface area contributed by atoms with Gasteiger partial charge in [-0.3, -0.25) is 4.79 Å². The van der Waals surface area contributed by atoms with Crippen LogP contribution in [0.2, 0.25) is 0 Å². The van der Waals surface area contributed by atoms with Crippen LogP contribution in [0.1, 0.15) is 186 Å². The van der Waals surface area contributed by atoms with Crippen molar-refractivity contribution in [1.82, 2.24) is 0 Å². The van der Waals surface area contributed by atoms with E-state index in [1.807, 2.05) is 0 Å². The molecule has 1 heterocycles. The second-order valence-corrected chi connectivity index (χ2v) is 18.2. The van der Waals surface area contributed by atoms with Gasteiger partial charge in [0.05, 0.1) is 0 Å². The number of carbonyl (C=O) groups is 1. The van der Waals surface area contributed by atoms with E-state index in [-0.39, 0.29) is 12.1 Å². The van der Waals surface area contributed by atoms with Gasteiger partial charge in [-0.1, -0.05) is 98.1 Å². The van der Waals surface area contributed by atoms with Crippen LogP contribution in [0, 0.1) is 60.2 Å². The van der Waals surface area contributed by atoms with Gasteiger partial charge in [-0.05, 0) is 136 Å². The summed E-state index contributed by atoms with van der Waals surface area (Å²) in [4.78, 5) is 12.9. The molecule has 48 heavy (non-hydrogen) atoms. The number of hydrogen-bond donors (Lipinski definition) is 0. The molecule has 0 saturated heterocycles. The van der Waals surface area contributed by atoms with Gasteiger partial charge in [0.2, 0.25) is 0 Å². The zero-order chi connectivity index (χ0) is 34.5. The minimum Gasteiger partial charge on any atom is -0.466 e. The first-order chi connectivity index (χ1) is 23.0. The molecule has 0 aromatic carbocycles. The minimum atomic E-state index is 0.0278. The van der Waals surface area contributed by atoms with Gasteiger partial charge in [-0.25, -0.2) is 0 Å². The average Bonchev–Trinajstić information content (AvgIpc) is 3.54. The first kappa shape index (κ1) is 37.7. The fraction of sp³-hybridized carbons (Fsp3) is 0.844. The Balaban J connectivity index is 1.04. The minimum absolute atomic E-state index is 0.0278. The molecule has 1 aromatic rings. The second-order valence-electron chi connectivity index (χ2n) is 18.2. The number of esters is 1. The Bertz CT molecular complexity index is 1220. The first-order valence-electron chi connectivity index (χ1n) is 20.9. The van der Waals surface area contributed by atoms with Gasteiger partial charge in [0.1, 0.15) is 17.6 Å². The van der Waals surface area contributed by atoms with Crippen molar-refractivity contribution in [2.45, 2.75) is 196 Å². The van der Waals surface area contributed by atoms with Crippen molar-refractivity contribution >= 4 is 5.97 Å². The quantitative estimate of drug-likeness (QED) is 0.0946. The predicted molar refractivity (Wildman–Crippen MR) is 201 cm³/mol. The number of carbonyl (C=O) groups excluding carboxylic acids is 1. The molecule has 1 aromatic heterocycles. The van der Waals surface area contributed by atoms with Crippen LogP contribution in [0.15, 0.2) is 16.1 Å². The van der Waals surface area contributed by atoms with Crippen LogP contribution in [-0.2, 0) is 22.4 Å². The molecule has 3 heteroatoms. The Labute approximate surface area is 296 Å². The highest BCUT2D eigenvalue weighted by atomic mass is 16.5. The van der Waals surface area contributed by atoms with Gasteiger partial charge < -0.3 is 9.15 Å². The molecule has 8 atom stereocenters. The molecule has 0 aliphatic heterocycles. The molecule has 272 valence electrons. The summed E-state index contributed by atoms with van der Waals surface area (Å²) in [7, 11) is 0. The highest BCUT2D eigenvalue weighted by Crippen LogP contribution is 2.67. The van der Waals surface area contributed by atoms with E-state index in [2.05, 4.69) is 61.5 Å². The molecule has 0 radical (unpaired) electrons. The number of hydrogen-bond acceptors (Lipinski definition) is 3. The molecule has 3 fully saturated rings. The number of rotatable bonds is 17. The summed E-state index contributed by atoms with van der Waals surface area (Å²) in [5, 5.41) is 0. The van der Waals surface area contributed by atoms with Crippen LogP contribution >= 0.6 is 0 Å². The lowest BCUT2D eigenvalue weighted by molar-refractivity contribution is -0.151. The Kier molecular flexibility index (Phi) is 13.1. The van der Waals surface area contributed by atoms with E-state index in [9.17, 15) is 4.79 Å². The first-order valence-corrected chi connectivity index (χ1v) is 20.9. The SMILES string of the molecule is CCCCCc1oc(CCCCCCC(=O)O[C@H]2CC[C@@]3(C)C(=CC[C@H]4[C@@H]5CC[C@H]([C@H](C)CCCC(C)C)[C@@]5(C)CC[C@@H]43)C2)c(C)c1C. The highest BCUT2D eigenvalue weighted by Gasteiger charge is 2.59. The van der Waals surface area contributed by atoms with E-state index >= 15 is 0 Å². The van der Waals surface area contributed by atoms with Crippen molar-refractivity contribution in [3.05, 3.63) is 34.3 Å². The molecule has 0 amide bonds. The lowest BCUT2D eigenvalue weighted by Gasteiger charge is -2.58. The van der Waals surface area contributed by atoms with Crippen molar-refractivity contribution in [3.63, 3.8) is 0 Å². The van der Waals surface area contributed by atoms with Crippen LogP contribution in [0.3, 0.4) is 0 Å². The third-order valence-corrected chi connectivity index (χ3v) is 14.7. The second kappa shape index (κ2) is 16.7. The summed E-state index contributed by atoms with van der Waals surface area (Å²) >= 11 is 0. The molecule has 5 rings (SSSR count). The Morgan fingerprint density at radius 2 is 1.56 bits per heavy atom. The fourth-order valence-corrected chi connectivity index (χ4v) is 11.6. The third kappa shape index (κ3) is 8.33. The topological polar surface area (TPSA) is 39.4 Å². The standard InChI is InChI=1S/C45H74O3/c1-9-10-13-19-41-33(5)34(6)42(48-41)20-14-11-12-15-21-43(46)47-36-26-28-44(7)35(30-36)22-23-37-39-25-24-38(32(4)18-16-17-31(2)3)45(39,8)29-27-40(37)44/h22,31-32,36-40H,9-21,23-30H2,1-8H3/t32-,36+,37+,38-,39+,40+,44+,45-/m1/s1. The van der Waals surface area contributed by atoms with Crippen molar-refractivity contribution in [2.24, 2.45) is 46.3 Å². The molecule has 0 spiro atoms. The molecule has 4 aliphatic rings. The third-order valence-electron chi connectivity index (χ3n) is 14.7. The van der Waals surface area contributed by atoms with Gasteiger partial charge in [-0.15, -0.1) is 0 Å². The number of allylic oxidation sites excluding steroid dienone is 1. The van der Waals surface area contributed by atoms with Crippen LogP contribution < -0.4 is 0 Å². The largest absolute Gasteiger partial charge is 0.466 e. The smallest absolute Gasteiger partial charge is 0.306 e. The fourth-order valence-electron chi connectivity index (χ4n) is 11.6. The van der Waals surface area contributed by atoms with Crippen LogP contribution in [-0.4, -0.2) is 12.1 Å². The van der Waals surface area contributed by atoms with Crippen molar-refractivity contribution < 1.29 is 13.9 Å². The van der Waals surface area contributed by atoms with Crippen molar-refractivity contribution in [2.75, 3.05) is 0 Å². The van der Waals surface area contributed by atoms with Crippen LogP contribution in [0.5, 0.6) is 0 Å². The van der Waals surface area contributed by atoms with Crippen molar-refractivity contribution in [3.8, 4) is 0 Å². The molecule has 4 aliphatic carbocycles. The average molecular weight is 663 g/mol. The van der Waals surface area contributed by atoms with Gasteiger partial charge in [-0.2, -0.15) is 0 Å². The van der Waals surface area contributed by atoms with Gasteiger partial charge >= 0.3 is 5.97 Å². The molecule has 3 nitrogen and oxygen atoms in total. The highest BCUT2D eigenvalue weighted by molar-refractivity contribution is 5.69. The summed E-state index contributed by atoms with van der Waals surface area (Å²) in [6.07, 6.45) is 27.9. The molecule has 0 bridgehead atoms. The van der Waals surface area contributed by atoms with E-state index in [0.717, 1.165) is 86.9 Å². The normalized spacial score (nSPS) is 32.0. The molecular weight excluding hydrogens is 588 g/mol. The number of fused-ring (bicyclic) bond motifs is 5. The Morgan fingerprint density at radius 1 is 0.854 bits per heavy atom. The number of furan rings is 1. The zero-order valence-corrected chi connectivity index (χ0v) is 32.7. The van der Waals surface area contributed by atoms with E-state index in [4.69, 9.17) is 9.15 Å². The lowest BCUT2D eigenvalue weighted by Crippen LogP contribution is -2.51.